The summed E-state index contributed by atoms with van der Waals surface area (Å²) < 4.78 is 41.7. The molecule has 0 N–H and O–H groups in total. The average Bonchev–Trinajstić information content (AvgIpc) is 3.29. The van der Waals surface area contributed by atoms with Crippen molar-refractivity contribution >= 4 is 36.9 Å². The zero-order valence-electron chi connectivity index (χ0n) is 12.9. The van der Waals surface area contributed by atoms with Gasteiger partial charge in [-0.15, -0.1) is 0 Å². The minimum Gasteiger partial charge on any atom is -0.304 e. The van der Waals surface area contributed by atoms with Crippen molar-refractivity contribution in [1.82, 2.24) is 8.87 Å². The summed E-state index contributed by atoms with van der Waals surface area (Å²) in [4.78, 5) is 12.5. The first kappa shape index (κ1) is 16.6. The van der Waals surface area contributed by atoms with Gasteiger partial charge in [-0.05, 0) is 53.4 Å². The highest BCUT2D eigenvalue weighted by molar-refractivity contribution is 9.10. The number of nitrogens with zero attached hydrogens (tertiary/aromatic N) is 2. The van der Waals surface area contributed by atoms with E-state index in [0.29, 0.717) is 20.9 Å². The molecule has 1 aromatic heterocycles. The molecule has 2 aromatic rings. The number of hydrogen-bond donors (Lipinski definition) is 0. The fourth-order valence-electron chi connectivity index (χ4n) is 2.68. The minimum atomic E-state index is -3.90. The van der Waals surface area contributed by atoms with Crippen LogP contribution < -0.4 is 5.56 Å². The lowest BCUT2D eigenvalue weighted by Gasteiger charge is -2.17. The van der Waals surface area contributed by atoms with E-state index < -0.39 is 21.4 Å². The van der Waals surface area contributed by atoms with Gasteiger partial charge < -0.3 is 4.57 Å². The molecule has 124 valence electrons. The number of hydrogen-bond acceptors (Lipinski definition) is 3. The van der Waals surface area contributed by atoms with Gasteiger partial charge in [0.1, 0.15) is 10.7 Å². The Morgan fingerprint density at radius 1 is 1.30 bits per heavy atom. The summed E-state index contributed by atoms with van der Waals surface area (Å²) in [6.45, 7) is 1.72. The predicted molar refractivity (Wildman–Crippen MR) is 89.7 cm³/mol. The maximum absolute atomic E-state index is 14.1. The van der Waals surface area contributed by atoms with Gasteiger partial charge in [-0.2, -0.15) is 0 Å². The molecule has 1 fully saturated rings. The van der Waals surface area contributed by atoms with E-state index in [4.69, 9.17) is 0 Å². The Bertz CT molecular complexity index is 979. The molecule has 1 heterocycles. The molecule has 0 spiro atoms. The number of aryl methyl sites for hydroxylation is 1. The largest absolute Gasteiger partial charge is 0.304 e. The highest BCUT2D eigenvalue weighted by atomic mass is 79.9. The van der Waals surface area contributed by atoms with Crippen molar-refractivity contribution < 1.29 is 12.8 Å². The molecule has 0 saturated heterocycles. The van der Waals surface area contributed by atoms with Crippen LogP contribution in [0, 0.1) is 12.7 Å². The maximum Gasteiger partial charge on any atom is 0.271 e. The average molecular weight is 403 g/mol. The van der Waals surface area contributed by atoms with Gasteiger partial charge in [0.15, 0.2) is 0 Å². The van der Waals surface area contributed by atoms with Gasteiger partial charge in [0.05, 0.1) is 9.99 Å². The molecule has 1 aliphatic carbocycles. The Labute approximate surface area is 141 Å². The van der Waals surface area contributed by atoms with Gasteiger partial charge in [0.25, 0.3) is 5.56 Å². The van der Waals surface area contributed by atoms with E-state index >= 15 is 0 Å². The number of pyridine rings is 1. The monoisotopic (exact) mass is 402 g/mol. The number of sulfonamides is 1. The summed E-state index contributed by atoms with van der Waals surface area (Å²) in [5.74, 6) is -0.482. The molecule has 0 unspecified atom stereocenters. The van der Waals surface area contributed by atoms with Crippen LogP contribution in [0.5, 0.6) is 0 Å². The number of fused-ring (bicyclic) bond motifs is 1. The molecule has 0 aliphatic heterocycles. The van der Waals surface area contributed by atoms with Crippen LogP contribution >= 0.6 is 15.9 Å². The third kappa shape index (κ3) is 2.53. The van der Waals surface area contributed by atoms with Gasteiger partial charge in [0, 0.05) is 25.5 Å². The highest BCUT2D eigenvalue weighted by Gasteiger charge is 2.32. The normalized spacial score (nSPS) is 15.6. The number of halogens is 2. The summed E-state index contributed by atoms with van der Waals surface area (Å²) in [5, 5.41) is 0.412. The first-order chi connectivity index (χ1) is 10.7. The molecule has 5 nitrogen and oxygen atoms in total. The number of benzene rings is 1. The topological polar surface area (TPSA) is 59.4 Å². The Kier molecular flexibility index (Phi) is 3.89. The summed E-state index contributed by atoms with van der Waals surface area (Å²) in [6, 6.07) is 2.51. The lowest BCUT2D eigenvalue weighted by molar-refractivity contribution is 0.517. The zero-order chi connectivity index (χ0) is 17.1. The van der Waals surface area contributed by atoms with Crippen LogP contribution in [0.4, 0.5) is 4.39 Å². The quantitative estimate of drug-likeness (QED) is 0.792. The zero-order valence-corrected chi connectivity index (χ0v) is 15.3. The molecule has 1 saturated carbocycles. The summed E-state index contributed by atoms with van der Waals surface area (Å²) in [6.07, 6.45) is 1.63. The third-order valence-corrected chi connectivity index (χ3v) is 6.86. The van der Waals surface area contributed by atoms with Crippen molar-refractivity contribution in [2.45, 2.75) is 30.7 Å². The molecule has 0 atom stereocenters. The van der Waals surface area contributed by atoms with Gasteiger partial charge in [-0.1, -0.05) is 0 Å². The fraction of sp³-hybridized carbons (Fsp3) is 0.400. The SMILES string of the molecule is Cc1c(Br)c(F)cc2cc(S(=O)(=O)N(C)C)c(=O)n(C3CC3)c12. The van der Waals surface area contributed by atoms with Crippen molar-refractivity contribution in [3.05, 3.63) is 38.3 Å². The van der Waals surface area contributed by atoms with Gasteiger partial charge >= 0.3 is 0 Å². The Hall–Kier alpha value is -1.25. The molecule has 23 heavy (non-hydrogen) atoms. The summed E-state index contributed by atoms with van der Waals surface area (Å²) in [5.41, 5.74) is 0.636. The molecule has 0 bridgehead atoms. The van der Waals surface area contributed by atoms with Crippen LogP contribution in [-0.4, -0.2) is 31.4 Å². The van der Waals surface area contributed by atoms with Crippen molar-refractivity contribution in [2.24, 2.45) is 0 Å². The van der Waals surface area contributed by atoms with Crippen molar-refractivity contribution in [2.75, 3.05) is 14.1 Å². The smallest absolute Gasteiger partial charge is 0.271 e. The van der Waals surface area contributed by atoms with Crippen LogP contribution in [0.1, 0.15) is 24.4 Å². The van der Waals surface area contributed by atoms with Crippen LogP contribution in [0.25, 0.3) is 10.9 Å². The summed E-state index contributed by atoms with van der Waals surface area (Å²) in [7, 11) is -1.16. The Morgan fingerprint density at radius 2 is 1.91 bits per heavy atom. The second-order valence-corrected chi connectivity index (χ2v) is 8.85. The maximum atomic E-state index is 14.1. The molecule has 3 rings (SSSR count). The third-order valence-electron chi connectivity index (χ3n) is 4.08. The standard InChI is InChI=1S/C15H16BrFN2O3S/c1-8-13(16)11(17)6-9-7-12(23(21,22)18(2)3)15(20)19(14(8)9)10-4-5-10/h6-7,10H,4-5H2,1-3H3. The Balaban J connectivity index is 2.50. The van der Waals surface area contributed by atoms with E-state index in [-0.39, 0.29) is 10.9 Å². The van der Waals surface area contributed by atoms with Crippen LogP contribution in [0.2, 0.25) is 0 Å². The van der Waals surface area contributed by atoms with Crippen LogP contribution in [0.3, 0.4) is 0 Å². The molecule has 0 radical (unpaired) electrons. The molecular weight excluding hydrogens is 387 g/mol. The second-order valence-electron chi connectivity index (χ2n) is 5.94. The number of aromatic nitrogens is 1. The summed E-state index contributed by atoms with van der Waals surface area (Å²) >= 11 is 3.19. The van der Waals surface area contributed by atoms with Crippen LogP contribution in [-0.2, 0) is 10.0 Å². The molecule has 0 amide bonds. The lowest BCUT2D eigenvalue weighted by Crippen LogP contribution is -2.32. The second kappa shape index (κ2) is 5.39. The first-order valence-electron chi connectivity index (χ1n) is 7.12. The Morgan fingerprint density at radius 3 is 2.43 bits per heavy atom. The van der Waals surface area contributed by atoms with Crippen molar-refractivity contribution in [3.8, 4) is 0 Å². The van der Waals surface area contributed by atoms with E-state index in [1.54, 1.807) is 6.92 Å². The molecule has 1 aromatic carbocycles. The minimum absolute atomic E-state index is 0.0293. The fourth-order valence-corrected chi connectivity index (χ4v) is 3.97. The molecule has 8 heteroatoms. The van der Waals surface area contributed by atoms with Crippen molar-refractivity contribution in [1.29, 1.82) is 0 Å². The molecule has 1 aliphatic rings. The predicted octanol–water partition coefficient (Wildman–Crippen LogP) is 2.80. The van der Waals surface area contributed by atoms with Gasteiger partial charge in [-0.25, -0.2) is 17.1 Å². The van der Waals surface area contributed by atoms with Gasteiger partial charge in [0.2, 0.25) is 10.0 Å². The van der Waals surface area contributed by atoms with Crippen LogP contribution in [0.15, 0.2) is 26.3 Å². The highest BCUT2D eigenvalue weighted by Crippen LogP contribution is 2.39. The van der Waals surface area contributed by atoms with E-state index in [2.05, 4.69) is 15.9 Å². The molecular formula is C15H16BrFN2O3S. The van der Waals surface area contributed by atoms with E-state index in [9.17, 15) is 17.6 Å². The first-order valence-corrected chi connectivity index (χ1v) is 9.36. The van der Waals surface area contributed by atoms with E-state index in [1.807, 2.05) is 0 Å². The van der Waals surface area contributed by atoms with Crippen molar-refractivity contribution in [3.63, 3.8) is 0 Å². The number of rotatable bonds is 3. The van der Waals surface area contributed by atoms with E-state index in [0.717, 1.165) is 17.1 Å². The van der Waals surface area contributed by atoms with E-state index in [1.165, 1.54) is 30.8 Å². The van der Waals surface area contributed by atoms with Gasteiger partial charge in [-0.3, -0.25) is 4.79 Å². The lowest BCUT2D eigenvalue weighted by atomic mass is 10.1.